The Labute approximate surface area is 104 Å². The maximum atomic E-state index is 11.3. The van der Waals surface area contributed by atoms with Crippen molar-refractivity contribution in [2.75, 3.05) is 17.3 Å². The third kappa shape index (κ3) is 4.78. The van der Waals surface area contributed by atoms with Crippen molar-refractivity contribution in [3.05, 3.63) is 29.8 Å². The Morgan fingerprint density at radius 3 is 2.65 bits per heavy atom. The van der Waals surface area contributed by atoms with Gasteiger partial charge >= 0.3 is 0 Å². The molecule has 1 aromatic carbocycles. The van der Waals surface area contributed by atoms with E-state index in [1.165, 1.54) is 11.8 Å². The second-order valence-electron chi connectivity index (χ2n) is 3.45. The molecule has 0 aliphatic carbocycles. The SMILES string of the molecule is CSCC(=O)Nc1ccc(CC(N)=NO)cc1. The van der Waals surface area contributed by atoms with Crippen molar-refractivity contribution in [3.63, 3.8) is 0 Å². The molecule has 0 aliphatic heterocycles. The number of hydrogen-bond donors (Lipinski definition) is 3. The van der Waals surface area contributed by atoms with Crippen LogP contribution in [0.3, 0.4) is 0 Å². The molecule has 0 aliphatic rings. The zero-order chi connectivity index (χ0) is 12.7. The van der Waals surface area contributed by atoms with Crippen molar-refractivity contribution in [1.82, 2.24) is 0 Å². The average molecular weight is 253 g/mol. The molecule has 0 unspecified atom stereocenters. The molecule has 0 saturated carbocycles. The van der Waals surface area contributed by atoms with Gasteiger partial charge in [0.1, 0.15) is 5.84 Å². The largest absolute Gasteiger partial charge is 0.409 e. The Hall–Kier alpha value is -1.69. The molecule has 5 nitrogen and oxygen atoms in total. The summed E-state index contributed by atoms with van der Waals surface area (Å²) in [6.45, 7) is 0. The second-order valence-corrected chi connectivity index (χ2v) is 4.31. The van der Waals surface area contributed by atoms with Crippen LogP contribution in [0.15, 0.2) is 29.4 Å². The van der Waals surface area contributed by atoms with Crippen LogP contribution in [-0.2, 0) is 11.2 Å². The first-order chi connectivity index (χ1) is 8.15. The smallest absolute Gasteiger partial charge is 0.234 e. The van der Waals surface area contributed by atoms with Crippen molar-refractivity contribution >= 4 is 29.2 Å². The number of carbonyl (C=O) groups excluding carboxylic acids is 1. The fourth-order valence-corrected chi connectivity index (χ4v) is 1.61. The molecule has 1 amide bonds. The van der Waals surface area contributed by atoms with Gasteiger partial charge in [0.15, 0.2) is 0 Å². The van der Waals surface area contributed by atoms with Crippen molar-refractivity contribution in [2.45, 2.75) is 6.42 Å². The fourth-order valence-electron chi connectivity index (χ4n) is 1.28. The van der Waals surface area contributed by atoms with E-state index in [9.17, 15) is 4.79 Å². The zero-order valence-electron chi connectivity index (χ0n) is 9.51. The Morgan fingerprint density at radius 2 is 2.12 bits per heavy atom. The molecule has 0 spiro atoms. The molecule has 0 bridgehead atoms. The van der Waals surface area contributed by atoms with E-state index in [1.807, 2.05) is 18.4 Å². The molecule has 0 atom stereocenters. The van der Waals surface area contributed by atoms with Crippen molar-refractivity contribution in [3.8, 4) is 0 Å². The number of amidine groups is 1. The van der Waals surface area contributed by atoms with Gasteiger partial charge in [-0.15, -0.1) is 0 Å². The van der Waals surface area contributed by atoms with E-state index in [2.05, 4.69) is 10.5 Å². The number of anilines is 1. The third-order valence-electron chi connectivity index (χ3n) is 2.03. The van der Waals surface area contributed by atoms with Crippen LogP contribution < -0.4 is 11.1 Å². The van der Waals surface area contributed by atoms with Gasteiger partial charge in [0, 0.05) is 12.1 Å². The lowest BCUT2D eigenvalue weighted by molar-refractivity contribution is -0.113. The summed E-state index contributed by atoms with van der Waals surface area (Å²) >= 11 is 1.47. The van der Waals surface area contributed by atoms with Gasteiger partial charge in [-0.2, -0.15) is 11.8 Å². The first-order valence-electron chi connectivity index (χ1n) is 5.00. The average Bonchev–Trinajstić information content (AvgIpc) is 2.32. The van der Waals surface area contributed by atoms with Crippen molar-refractivity contribution in [2.24, 2.45) is 10.9 Å². The van der Waals surface area contributed by atoms with E-state index >= 15 is 0 Å². The molecular formula is C11H15N3O2S. The minimum atomic E-state index is -0.0262. The van der Waals surface area contributed by atoms with Crippen LogP contribution >= 0.6 is 11.8 Å². The first kappa shape index (κ1) is 13.4. The maximum absolute atomic E-state index is 11.3. The molecular weight excluding hydrogens is 238 g/mol. The van der Waals surface area contributed by atoms with E-state index in [4.69, 9.17) is 10.9 Å². The summed E-state index contributed by atoms with van der Waals surface area (Å²) in [6.07, 6.45) is 2.26. The summed E-state index contributed by atoms with van der Waals surface area (Å²) < 4.78 is 0. The van der Waals surface area contributed by atoms with Crippen LogP contribution in [0, 0.1) is 0 Å². The lowest BCUT2D eigenvalue weighted by Crippen LogP contribution is -2.15. The van der Waals surface area contributed by atoms with Gasteiger partial charge in [-0.1, -0.05) is 17.3 Å². The molecule has 0 aromatic heterocycles. The normalized spacial score (nSPS) is 11.2. The van der Waals surface area contributed by atoms with E-state index in [-0.39, 0.29) is 11.7 Å². The summed E-state index contributed by atoms with van der Waals surface area (Å²) in [6, 6.07) is 7.23. The molecule has 17 heavy (non-hydrogen) atoms. The number of nitrogens with one attached hydrogen (secondary N) is 1. The number of rotatable bonds is 5. The number of amides is 1. The highest BCUT2D eigenvalue weighted by Gasteiger charge is 2.02. The van der Waals surface area contributed by atoms with E-state index in [0.717, 1.165) is 11.3 Å². The van der Waals surface area contributed by atoms with Crippen LogP contribution in [0.2, 0.25) is 0 Å². The van der Waals surface area contributed by atoms with Gasteiger partial charge < -0.3 is 16.3 Å². The molecule has 0 saturated heterocycles. The minimum Gasteiger partial charge on any atom is -0.409 e. The van der Waals surface area contributed by atoms with Gasteiger partial charge in [0.25, 0.3) is 0 Å². The monoisotopic (exact) mass is 253 g/mol. The van der Waals surface area contributed by atoms with Crippen LogP contribution in [0.1, 0.15) is 5.56 Å². The number of nitrogens with two attached hydrogens (primary N) is 1. The molecule has 6 heteroatoms. The van der Waals surface area contributed by atoms with E-state index in [0.29, 0.717) is 12.2 Å². The van der Waals surface area contributed by atoms with Crippen molar-refractivity contribution < 1.29 is 10.0 Å². The van der Waals surface area contributed by atoms with Crippen LogP contribution in [-0.4, -0.2) is 29.0 Å². The predicted octanol–water partition coefficient (Wildman–Crippen LogP) is 1.28. The van der Waals surface area contributed by atoms with Gasteiger partial charge in [0.2, 0.25) is 5.91 Å². The van der Waals surface area contributed by atoms with Gasteiger partial charge in [0.05, 0.1) is 5.75 Å². The highest BCUT2D eigenvalue weighted by Crippen LogP contribution is 2.10. The summed E-state index contributed by atoms with van der Waals surface area (Å²) in [5.74, 6) is 0.567. The van der Waals surface area contributed by atoms with E-state index in [1.54, 1.807) is 12.1 Å². The molecule has 1 rings (SSSR count). The predicted molar refractivity (Wildman–Crippen MR) is 70.6 cm³/mol. The van der Waals surface area contributed by atoms with Gasteiger partial charge in [-0.3, -0.25) is 4.79 Å². The number of thioether (sulfide) groups is 1. The number of benzene rings is 1. The fraction of sp³-hybridized carbons (Fsp3) is 0.273. The molecule has 1 aromatic rings. The highest BCUT2D eigenvalue weighted by molar-refractivity contribution is 7.99. The summed E-state index contributed by atoms with van der Waals surface area (Å²) in [5, 5.41) is 14.1. The number of carbonyl (C=O) groups is 1. The molecule has 4 N–H and O–H groups in total. The quantitative estimate of drug-likeness (QED) is 0.319. The standard InChI is InChI=1S/C11H15N3O2S/c1-17-7-11(15)13-9-4-2-8(3-5-9)6-10(12)14-16/h2-5,16H,6-7H2,1H3,(H2,12,14)(H,13,15). The van der Waals surface area contributed by atoms with Crippen LogP contribution in [0.4, 0.5) is 5.69 Å². The lowest BCUT2D eigenvalue weighted by atomic mass is 10.1. The summed E-state index contributed by atoms with van der Waals surface area (Å²) in [5.41, 5.74) is 7.05. The third-order valence-corrected chi connectivity index (χ3v) is 2.58. The lowest BCUT2D eigenvalue weighted by Gasteiger charge is -2.05. The van der Waals surface area contributed by atoms with E-state index < -0.39 is 0 Å². The summed E-state index contributed by atoms with van der Waals surface area (Å²) in [4.78, 5) is 11.3. The zero-order valence-corrected chi connectivity index (χ0v) is 10.3. The maximum Gasteiger partial charge on any atom is 0.234 e. The molecule has 92 valence electrons. The number of oxime groups is 1. The highest BCUT2D eigenvalue weighted by atomic mass is 32.2. The second kappa shape index (κ2) is 6.80. The number of nitrogens with zero attached hydrogens (tertiary/aromatic N) is 1. The topological polar surface area (TPSA) is 87.7 Å². The van der Waals surface area contributed by atoms with Crippen LogP contribution in [0.5, 0.6) is 0 Å². The molecule has 0 radical (unpaired) electrons. The van der Waals surface area contributed by atoms with Gasteiger partial charge in [-0.25, -0.2) is 0 Å². The first-order valence-corrected chi connectivity index (χ1v) is 6.39. The summed E-state index contributed by atoms with van der Waals surface area (Å²) in [7, 11) is 0. The number of hydrogen-bond acceptors (Lipinski definition) is 4. The van der Waals surface area contributed by atoms with Crippen LogP contribution in [0.25, 0.3) is 0 Å². The Bertz CT molecular complexity index is 404. The molecule has 0 heterocycles. The molecule has 0 fully saturated rings. The van der Waals surface area contributed by atoms with Gasteiger partial charge in [-0.05, 0) is 24.0 Å². The van der Waals surface area contributed by atoms with Crippen molar-refractivity contribution in [1.29, 1.82) is 0 Å². The Morgan fingerprint density at radius 1 is 1.47 bits per heavy atom. The minimum absolute atomic E-state index is 0.0262. The Kier molecular flexibility index (Phi) is 5.35. The Balaban J connectivity index is 2.59.